The van der Waals surface area contributed by atoms with Gasteiger partial charge in [0.25, 0.3) is 0 Å². The minimum Gasteiger partial charge on any atom is -0.478 e. The molecule has 1 unspecified atom stereocenters. The number of halogens is 2. The number of hydrogen-bond acceptors (Lipinski definition) is 2. The average molecular weight is 216 g/mol. The van der Waals surface area contributed by atoms with Crippen LogP contribution in [0.1, 0.15) is 35.7 Å². The fourth-order valence-electron chi connectivity index (χ4n) is 1.80. The van der Waals surface area contributed by atoms with Gasteiger partial charge in [0, 0.05) is 19.0 Å². The van der Waals surface area contributed by atoms with Crippen LogP contribution in [0, 0.1) is 0 Å². The highest BCUT2D eigenvalue weighted by Gasteiger charge is 2.40. The number of carbonyl (C=O) groups is 1. The molecule has 1 aliphatic carbocycles. The Morgan fingerprint density at radius 3 is 2.87 bits per heavy atom. The summed E-state index contributed by atoms with van der Waals surface area (Å²) in [4.78, 5) is 10.6. The summed E-state index contributed by atoms with van der Waals surface area (Å²) in [6.07, 6.45) is 2.41. The van der Waals surface area contributed by atoms with E-state index in [4.69, 9.17) is 5.11 Å². The van der Waals surface area contributed by atoms with Crippen LogP contribution in [0.15, 0.2) is 12.4 Å². The fourth-order valence-corrected chi connectivity index (χ4v) is 1.80. The standard InChI is InChI=1S/C9H10F2N2O2/c10-9(11)2-1-7(3-9)13-5-6(4-12-13)8(14)15/h4-5,7H,1-3H2,(H,14,15). The van der Waals surface area contributed by atoms with Crippen LogP contribution in [-0.4, -0.2) is 26.8 Å². The Bertz CT molecular complexity index is 389. The predicted molar refractivity (Wildman–Crippen MR) is 47.0 cm³/mol. The molecule has 2 rings (SSSR count). The van der Waals surface area contributed by atoms with Gasteiger partial charge in [-0.05, 0) is 6.42 Å². The van der Waals surface area contributed by atoms with E-state index in [2.05, 4.69) is 5.10 Å². The Kier molecular flexibility index (Phi) is 2.21. The van der Waals surface area contributed by atoms with Gasteiger partial charge in [0.15, 0.2) is 0 Å². The molecule has 4 nitrogen and oxygen atoms in total. The van der Waals surface area contributed by atoms with Gasteiger partial charge in [0.2, 0.25) is 5.92 Å². The third-order valence-corrected chi connectivity index (χ3v) is 2.60. The lowest BCUT2D eigenvalue weighted by Gasteiger charge is -2.10. The first-order valence-corrected chi connectivity index (χ1v) is 4.63. The molecule has 1 aromatic heterocycles. The van der Waals surface area contributed by atoms with Gasteiger partial charge in [0.1, 0.15) is 0 Å². The largest absolute Gasteiger partial charge is 0.478 e. The van der Waals surface area contributed by atoms with Crippen LogP contribution in [0.25, 0.3) is 0 Å². The van der Waals surface area contributed by atoms with E-state index in [1.165, 1.54) is 17.1 Å². The summed E-state index contributed by atoms with van der Waals surface area (Å²) in [6, 6.07) is -0.381. The van der Waals surface area contributed by atoms with Crippen molar-refractivity contribution in [3.63, 3.8) is 0 Å². The molecule has 1 saturated carbocycles. The molecule has 0 saturated heterocycles. The molecule has 15 heavy (non-hydrogen) atoms. The molecule has 1 heterocycles. The van der Waals surface area contributed by atoms with Crippen molar-refractivity contribution in [2.45, 2.75) is 31.2 Å². The highest BCUT2D eigenvalue weighted by molar-refractivity contribution is 5.86. The molecule has 0 spiro atoms. The Balaban J connectivity index is 2.14. The maximum atomic E-state index is 12.9. The zero-order chi connectivity index (χ0) is 11.1. The Labute approximate surface area is 84.5 Å². The molecule has 1 atom stereocenters. The van der Waals surface area contributed by atoms with Crippen LogP contribution in [0.5, 0.6) is 0 Å². The van der Waals surface area contributed by atoms with Crippen molar-refractivity contribution in [1.29, 1.82) is 0 Å². The van der Waals surface area contributed by atoms with Crippen molar-refractivity contribution in [2.24, 2.45) is 0 Å². The van der Waals surface area contributed by atoms with Gasteiger partial charge in [-0.3, -0.25) is 4.68 Å². The summed E-state index contributed by atoms with van der Waals surface area (Å²) in [7, 11) is 0. The van der Waals surface area contributed by atoms with E-state index >= 15 is 0 Å². The topological polar surface area (TPSA) is 55.1 Å². The van der Waals surface area contributed by atoms with Crippen molar-refractivity contribution in [3.8, 4) is 0 Å². The predicted octanol–water partition coefficient (Wildman–Crippen LogP) is 1.94. The smallest absolute Gasteiger partial charge is 0.338 e. The zero-order valence-corrected chi connectivity index (χ0v) is 7.86. The molecule has 0 aromatic carbocycles. The maximum absolute atomic E-state index is 12.9. The number of nitrogens with zero attached hydrogens (tertiary/aromatic N) is 2. The van der Waals surface area contributed by atoms with Gasteiger partial charge in [-0.25, -0.2) is 13.6 Å². The Morgan fingerprint density at radius 2 is 2.40 bits per heavy atom. The fraction of sp³-hybridized carbons (Fsp3) is 0.556. The maximum Gasteiger partial charge on any atom is 0.338 e. The summed E-state index contributed by atoms with van der Waals surface area (Å²) in [5.41, 5.74) is 0.0326. The lowest BCUT2D eigenvalue weighted by Crippen LogP contribution is -2.12. The van der Waals surface area contributed by atoms with Crippen LogP contribution in [-0.2, 0) is 0 Å². The normalized spacial score (nSPS) is 24.3. The average Bonchev–Trinajstić information content (AvgIpc) is 2.70. The molecule has 1 aliphatic rings. The summed E-state index contributed by atoms with van der Waals surface area (Å²) in [6.45, 7) is 0. The second kappa shape index (κ2) is 3.29. The van der Waals surface area contributed by atoms with Gasteiger partial charge >= 0.3 is 5.97 Å². The lowest BCUT2D eigenvalue weighted by atomic mass is 10.2. The molecule has 1 fully saturated rings. The monoisotopic (exact) mass is 216 g/mol. The molecular weight excluding hydrogens is 206 g/mol. The van der Waals surface area contributed by atoms with Crippen molar-refractivity contribution in [1.82, 2.24) is 9.78 Å². The van der Waals surface area contributed by atoms with Crippen LogP contribution >= 0.6 is 0 Å². The van der Waals surface area contributed by atoms with Gasteiger partial charge in [0.05, 0.1) is 17.8 Å². The summed E-state index contributed by atoms with van der Waals surface area (Å²) < 4.78 is 27.1. The minimum absolute atomic E-state index is 0.0326. The quantitative estimate of drug-likeness (QED) is 0.821. The van der Waals surface area contributed by atoms with Gasteiger partial charge in [-0.1, -0.05) is 0 Å². The van der Waals surface area contributed by atoms with Crippen LogP contribution in [0.2, 0.25) is 0 Å². The van der Waals surface area contributed by atoms with Crippen molar-refractivity contribution in [3.05, 3.63) is 18.0 Å². The Morgan fingerprint density at radius 1 is 1.67 bits per heavy atom. The molecule has 0 radical (unpaired) electrons. The molecule has 1 N–H and O–H groups in total. The Hall–Kier alpha value is -1.46. The highest BCUT2D eigenvalue weighted by atomic mass is 19.3. The molecule has 1 aromatic rings. The number of carboxylic acid groups (broad SMARTS) is 1. The molecule has 6 heteroatoms. The number of hydrogen-bond donors (Lipinski definition) is 1. The number of aromatic carboxylic acids is 1. The second-order valence-electron chi connectivity index (χ2n) is 3.77. The molecule has 82 valence electrons. The number of alkyl halides is 2. The summed E-state index contributed by atoms with van der Waals surface area (Å²) >= 11 is 0. The van der Waals surface area contributed by atoms with Crippen LogP contribution < -0.4 is 0 Å². The number of carboxylic acids is 1. The second-order valence-corrected chi connectivity index (χ2v) is 3.77. The zero-order valence-electron chi connectivity index (χ0n) is 7.86. The first kappa shape index (κ1) is 10.1. The number of rotatable bonds is 2. The SMILES string of the molecule is O=C(O)c1cnn(C2CCC(F)(F)C2)c1. The third kappa shape index (κ3) is 1.98. The summed E-state index contributed by atoms with van der Waals surface area (Å²) in [5, 5.41) is 12.4. The minimum atomic E-state index is -2.64. The first-order chi connectivity index (χ1) is 6.98. The molecule has 0 amide bonds. The van der Waals surface area contributed by atoms with E-state index in [1.54, 1.807) is 0 Å². The number of aromatic nitrogens is 2. The van der Waals surface area contributed by atoms with Crippen molar-refractivity contribution < 1.29 is 18.7 Å². The lowest BCUT2D eigenvalue weighted by molar-refractivity contribution is 0.00518. The van der Waals surface area contributed by atoms with Gasteiger partial charge in [-0.2, -0.15) is 5.10 Å². The van der Waals surface area contributed by atoms with Crippen LogP contribution in [0.3, 0.4) is 0 Å². The van der Waals surface area contributed by atoms with E-state index in [-0.39, 0.29) is 24.4 Å². The molecule has 0 bridgehead atoms. The van der Waals surface area contributed by atoms with Gasteiger partial charge in [-0.15, -0.1) is 0 Å². The van der Waals surface area contributed by atoms with Crippen LogP contribution in [0.4, 0.5) is 8.78 Å². The van der Waals surface area contributed by atoms with E-state index in [0.29, 0.717) is 6.42 Å². The first-order valence-electron chi connectivity index (χ1n) is 4.63. The van der Waals surface area contributed by atoms with E-state index in [0.717, 1.165) is 0 Å². The molecule has 0 aliphatic heterocycles. The highest BCUT2D eigenvalue weighted by Crippen LogP contribution is 2.41. The third-order valence-electron chi connectivity index (χ3n) is 2.60. The van der Waals surface area contributed by atoms with E-state index in [1.807, 2.05) is 0 Å². The molecular formula is C9H10F2N2O2. The van der Waals surface area contributed by atoms with Crippen molar-refractivity contribution >= 4 is 5.97 Å². The van der Waals surface area contributed by atoms with Gasteiger partial charge < -0.3 is 5.11 Å². The van der Waals surface area contributed by atoms with E-state index < -0.39 is 11.9 Å². The summed E-state index contributed by atoms with van der Waals surface area (Å²) in [5.74, 6) is -3.73. The van der Waals surface area contributed by atoms with E-state index in [9.17, 15) is 13.6 Å². The van der Waals surface area contributed by atoms with Crippen molar-refractivity contribution in [2.75, 3.05) is 0 Å².